The predicted molar refractivity (Wildman–Crippen MR) is 81.9 cm³/mol. The second-order valence-corrected chi connectivity index (χ2v) is 7.05. The molecule has 0 saturated carbocycles. The van der Waals surface area contributed by atoms with Crippen molar-refractivity contribution in [3.8, 4) is 0 Å². The van der Waals surface area contributed by atoms with Crippen LogP contribution in [0.2, 0.25) is 0 Å². The van der Waals surface area contributed by atoms with E-state index in [2.05, 4.69) is 37.8 Å². The molecule has 4 heterocycles. The fourth-order valence-corrected chi connectivity index (χ4v) is 3.00. The van der Waals surface area contributed by atoms with Crippen molar-refractivity contribution in [2.75, 3.05) is 0 Å². The molecule has 0 aliphatic carbocycles. The Balaban J connectivity index is 1.87. The molecule has 2 aliphatic rings. The Morgan fingerprint density at radius 3 is 2.41 bits per heavy atom. The first-order chi connectivity index (χ1) is 10.3. The monoisotopic (exact) mass is 301 g/mol. The maximum atomic E-state index is 6.19. The summed E-state index contributed by atoms with van der Waals surface area (Å²) in [4.78, 5) is 4.50. The third-order valence-corrected chi connectivity index (χ3v) is 4.98. The highest BCUT2D eigenvalue weighted by molar-refractivity contribution is 6.62. The first-order valence-electron chi connectivity index (χ1n) is 7.59. The van der Waals surface area contributed by atoms with Crippen molar-refractivity contribution in [2.45, 2.75) is 59.0 Å². The van der Waals surface area contributed by atoms with Crippen molar-refractivity contribution >= 4 is 18.2 Å². The van der Waals surface area contributed by atoms with Gasteiger partial charge in [0, 0.05) is 17.2 Å². The summed E-state index contributed by atoms with van der Waals surface area (Å²) in [5.41, 5.74) is 3.34. The van der Waals surface area contributed by atoms with E-state index in [9.17, 15) is 0 Å². The highest BCUT2D eigenvalue weighted by Crippen LogP contribution is 2.37. The van der Waals surface area contributed by atoms with Crippen LogP contribution in [0.4, 0.5) is 0 Å². The Morgan fingerprint density at radius 1 is 1.09 bits per heavy atom. The van der Waals surface area contributed by atoms with Crippen LogP contribution in [0.1, 0.15) is 44.6 Å². The Hall–Kier alpha value is -1.44. The van der Waals surface area contributed by atoms with E-state index in [1.807, 2.05) is 17.6 Å². The number of nitrogens with zero attached hydrogens (tertiary/aromatic N) is 3. The van der Waals surface area contributed by atoms with E-state index in [0.29, 0.717) is 13.2 Å². The van der Waals surface area contributed by atoms with E-state index in [1.54, 1.807) is 0 Å². The van der Waals surface area contributed by atoms with E-state index < -0.39 is 7.12 Å². The molecule has 0 N–H and O–H groups in total. The van der Waals surface area contributed by atoms with Crippen LogP contribution in [0.15, 0.2) is 6.20 Å². The molecular formula is C15H20BN3O3. The number of hydrogen-bond donors (Lipinski definition) is 0. The Morgan fingerprint density at radius 2 is 1.73 bits per heavy atom. The van der Waals surface area contributed by atoms with Gasteiger partial charge in [-0.15, -0.1) is 0 Å². The van der Waals surface area contributed by atoms with Crippen LogP contribution >= 0.6 is 0 Å². The normalized spacial score (nSPS) is 22.5. The first-order valence-corrected chi connectivity index (χ1v) is 7.59. The molecule has 1 fully saturated rings. The summed E-state index contributed by atoms with van der Waals surface area (Å²) in [7, 11) is -0.408. The molecule has 2 aliphatic heterocycles. The average Bonchev–Trinajstić information content (AvgIpc) is 3.04. The van der Waals surface area contributed by atoms with E-state index in [1.165, 1.54) is 0 Å². The zero-order valence-corrected chi connectivity index (χ0v) is 13.6. The molecule has 2 aromatic heterocycles. The second kappa shape index (κ2) is 4.31. The molecule has 7 heteroatoms. The van der Waals surface area contributed by atoms with Gasteiger partial charge >= 0.3 is 7.12 Å². The fourth-order valence-electron chi connectivity index (χ4n) is 3.00. The van der Waals surface area contributed by atoms with Gasteiger partial charge in [0.2, 0.25) is 0 Å². The minimum Gasteiger partial charge on any atom is -0.399 e. The van der Waals surface area contributed by atoms with Gasteiger partial charge in [0.25, 0.3) is 0 Å². The topological polar surface area (TPSA) is 57.9 Å². The van der Waals surface area contributed by atoms with Gasteiger partial charge in [0.05, 0.1) is 24.4 Å². The molecule has 0 radical (unpaired) electrons. The number of fused-ring (bicyclic) bond motifs is 3. The van der Waals surface area contributed by atoms with E-state index in [-0.39, 0.29) is 11.2 Å². The smallest absolute Gasteiger partial charge is 0.399 e. The summed E-state index contributed by atoms with van der Waals surface area (Å²) in [6.07, 6.45) is 1.96. The summed E-state index contributed by atoms with van der Waals surface area (Å²) in [5, 5.41) is 4.43. The van der Waals surface area contributed by atoms with E-state index in [4.69, 9.17) is 14.0 Å². The number of pyridine rings is 1. The molecule has 4 rings (SSSR count). The minimum absolute atomic E-state index is 0.364. The minimum atomic E-state index is -0.408. The lowest BCUT2D eigenvalue weighted by molar-refractivity contribution is 0.00578. The van der Waals surface area contributed by atoms with Crippen LogP contribution in [0.25, 0.3) is 5.65 Å². The first kappa shape index (κ1) is 14.2. The number of aryl methyl sites for hydroxylation is 1. The lowest BCUT2D eigenvalue weighted by atomic mass is 9.76. The summed E-state index contributed by atoms with van der Waals surface area (Å²) >= 11 is 0. The Kier molecular flexibility index (Phi) is 2.78. The van der Waals surface area contributed by atoms with Crippen LogP contribution in [-0.4, -0.2) is 32.9 Å². The maximum absolute atomic E-state index is 6.19. The molecule has 1 saturated heterocycles. The zero-order valence-electron chi connectivity index (χ0n) is 13.6. The molecule has 0 bridgehead atoms. The average molecular weight is 301 g/mol. The molecular weight excluding hydrogens is 281 g/mol. The third-order valence-electron chi connectivity index (χ3n) is 4.98. The van der Waals surface area contributed by atoms with Crippen LogP contribution in [-0.2, 0) is 27.3 Å². The van der Waals surface area contributed by atoms with Crippen LogP contribution in [0, 0.1) is 6.92 Å². The van der Waals surface area contributed by atoms with Gasteiger partial charge in [0.15, 0.2) is 5.65 Å². The van der Waals surface area contributed by atoms with E-state index >= 15 is 0 Å². The molecule has 116 valence electrons. The Labute approximate surface area is 129 Å². The lowest BCUT2D eigenvalue weighted by Gasteiger charge is -2.32. The predicted octanol–water partition coefficient (Wildman–Crippen LogP) is 1.37. The number of rotatable bonds is 1. The van der Waals surface area contributed by atoms with Crippen molar-refractivity contribution in [3.05, 3.63) is 23.1 Å². The highest BCUT2D eigenvalue weighted by Gasteiger charge is 2.52. The molecule has 6 nitrogen and oxygen atoms in total. The number of hydrogen-bond acceptors (Lipinski definition) is 5. The maximum Gasteiger partial charge on any atom is 0.496 e. The second-order valence-electron chi connectivity index (χ2n) is 7.05. The van der Waals surface area contributed by atoms with Crippen molar-refractivity contribution in [1.29, 1.82) is 0 Å². The molecule has 0 atom stereocenters. The van der Waals surface area contributed by atoms with Gasteiger partial charge < -0.3 is 14.0 Å². The Bertz CT molecular complexity index is 753. The molecule has 0 amide bonds. The number of aromatic nitrogens is 3. The zero-order chi connectivity index (χ0) is 15.7. The molecule has 0 unspecified atom stereocenters. The van der Waals surface area contributed by atoms with Gasteiger partial charge in [-0.25, -0.2) is 9.50 Å². The summed E-state index contributed by atoms with van der Waals surface area (Å²) in [5.74, 6) is 0.750. The van der Waals surface area contributed by atoms with Gasteiger partial charge in [-0.3, -0.25) is 0 Å². The van der Waals surface area contributed by atoms with Crippen molar-refractivity contribution in [3.63, 3.8) is 0 Å². The fraction of sp³-hybridized carbons (Fsp3) is 0.600. The van der Waals surface area contributed by atoms with Gasteiger partial charge in [-0.1, -0.05) is 0 Å². The van der Waals surface area contributed by atoms with Crippen molar-refractivity contribution in [1.82, 2.24) is 14.6 Å². The highest BCUT2D eigenvalue weighted by atomic mass is 16.7. The van der Waals surface area contributed by atoms with Crippen LogP contribution in [0.3, 0.4) is 0 Å². The molecule has 22 heavy (non-hydrogen) atoms. The summed E-state index contributed by atoms with van der Waals surface area (Å²) in [6, 6.07) is 0. The lowest BCUT2D eigenvalue weighted by Crippen LogP contribution is -2.41. The summed E-state index contributed by atoms with van der Waals surface area (Å²) < 4.78 is 19.8. The van der Waals surface area contributed by atoms with Crippen molar-refractivity contribution < 1.29 is 14.0 Å². The van der Waals surface area contributed by atoms with E-state index in [0.717, 1.165) is 28.1 Å². The number of ether oxygens (including phenoxy) is 1. The third kappa shape index (κ3) is 1.86. The molecule has 0 spiro atoms. The largest absolute Gasteiger partial charge is 0.496 e. The summed E-state index contributed by atoms with van der Waals surface area (Å²) in [6.45, 7) is 11.2. The van der Waals surface area contributed by atoms with Crippen LogP contribution in [0.5, 0.6) is 0 Å². The SMILES string of the molecule is Cc1nc2c3c(c(B4OC(C)(C)C(C)(C)O4)cn2n1)COC3. The molecule has 0 aromatic carbocycles. The van der Waals surface area contributed by atoms with Crippen molar-refractivity contribution in [2.24, 2.45) is 0 Å². The van der Waals surface area contributed by atoms with Gasteiger partial charge in [-0.2, -0.15) is 5.10 Å². The van der Waals surface area contributed by atoms with Gasteiger partial charge in [0.1, 0.15) is 5.82 Å². The van der Waals surface area contributed by atoms with Crippen LogP contribution < -0.4 is 5.46 Å². The quantitative estimate of drug-likeness (QED) is 0.745. The standard InChI is InChI=1S/C15H20BN3O3/c1-9-17-13-11-8-20-7-10(11)12(6-19(13)18-9)16-21-14(2,3)15(4,5)22-16/h6H,7-8H2,1-5H3. The molecule has 2 aromatic rings. The van der Waals surface area contributed by atoms with Gasteiger partial charge in [-0.05, 0) is 40.2 Å².